The van der Waals surface area contributed by atoms with Crippen molar-refractivity contribution in [3.8, 4) is 9.88 Å². The summed E-state index contributed by atoms with van der Waals surface area (Å²) in [4.78, 5) is 24.8. The molecule has 3 aromatic heterocycles. The van der Waals surface area contributed by atoms with Gasteiger partial charge >= 0.3 is 0 Å². The second-order valence-corrected chi connectivity index (χ2v) is 9.72. The zero-order valence-electron chi connectivity index (χ0n) is 16.1. The Morgan fingerprint density at radius 3 is 2.72 bits per heavy atom. The maximum Gasteiger partial charge on any atom is 0.271 e. The number of nitrogens with one attached hydrogen (secondary N) is 1. The lowest BCUT2D eigenvalue weighted by Gasteiger charge is -2.36. The number of morpholine rings is 1. The Kier molecular flexibility index (Phi) is 6.29. The minimum absolute atomic E-state index is 0.178. The number of thiazole rings is 1. The van der Waals surface area contributed by atoms with Crippen molar-refractivity contribution < 1.29 is 9.53 Å². The molecule has 1 amide bonds. The van der Waals surface area contributed by atoms with Gasteiger partial charge in [-0.2, -0.15) is 0 Å². The average Bonchev–Trinajstić information content (AvgIpc) is 3.35. The lowest BCUT2D eigenvalue weighted by molar-refractivity contribution is -0.00546. The number of halogens is 1. The van der Waals surface area contributed by atoms with Crippen molar-refractivity contribution in [3.05, 3.63) is 50.9 Å². The number of thiophene rings is 1. The molecule has 0 aliphatic carbocycles. The van der Waals surface area contributed by atoms with E-state index in [0.29, 0.717) is 12.2 Å². The first-order valence-corrected chi connectivity index (χ1v) is 11.9. The van der Waals surface area contributed by atoms with Crippen LogP contribution in [-0.2, 0) is 11.3 Å². The smallest absolute Gasteiger partial charge is 0.271 e. The van der Waals surface area contributed by atoms with Crippen molar-refractivity contribution in [1.29, 1.82) is 0 Å². The fraction of sp³-hybridized carbons (Fsp3) is 0.350. The molecule has 0 saturated carbocycles. The van der Waals surface area contributed by atoms with Crippen LogP contribution >= 0.6 is 38.6 Å². The largest absolute Gasteiger partial charge is 0.372 e. The maximum absolute atomic E-state index is 12.4. The zero-order chi connectivity index (χ0) is 20.4. The lowest BCUT2D eigenvalue weighted by atomic mass is 10.2. The van der Waals surface area contributed by atoms with Crippen LogP contribution in [0.5, 0.6) is 0 Å². The molecule has 1 N–H and O–H groups in total. The van der Waals surface area contributed by atoms with Gasteiger partial charge in [0, 0.05) is 41.1 Å². The van der Waals surface area contributed by atoms with Gasteiger partial charge in [0.1, 0.15) is 16.5 Å². The Hall–Kier alpha value is -1.81. The summed E-state index contributed by atoms with van der Waals surface area (Å²) in [5, 5.41) is 7.57. The minimum Gasteiger partial charge on any atom is -0.372 e. The molecule has 1 aliphatic heterocycles. The van der Waals surface area contributed by atoms with Gasteiger partial charge in [0.25, 0.3) is 5.91 Å². The second-order valence-electron chi connectivity index (χ2n) is 7.04. The van der Waals surface area contributed by atoms with Crippen molar-refractivity contribution in [2.75, 3.05) is 18.0 Å². The van der Waals surface area contributed by atoms with E-state index in [-0.39, 0.29) is 18.1 Å². The summed E-state index contributed by atoms with van der Waals surface area (Å²) in [7, 11) is 0. The number of rotatable bonds is 5. The number of anilines is 1. The van der Waals surface area contributed by atoms with Crippen molar-refractivity contribution in [3.63, 3.8) is 0 Å². The standard InChI is InChI=1S/C20H21BrN4O2S2/c1-12-8-25(9-13(2)27-12)18-4-3-14(6-22-18)7-23-19(26)16-11-29-20(24-16)17-5-15(21)10-28-17/h3-6,10-13H,7-9H2,1-2H3,(H,23,26). The molecule has 1 saturated heterocycles. The molecule has 152 valence electrons. The van der Waals surface area contributed by atoms with Gasteiger partial charge in [-0.05, 0) is 47.5 Å². The Labute approximate surface area is 186 Å². The van der Waals surface area contributed by atoms with Crippen LogP contribution < -0.4 is 10.2 Å². The predicted octanol–water partition coefficient (Wildman–Crippen LogP) is 4.57. The van der Waals surface area contributed by atoms with Crippen LogP contribution in [0.3, 0.4) is 0 Å². The molecule has 4 rings (SSSR count). The number of amides is 1. The van der Waals surface area contributed by atoms with Gasteiger partial charge in [-0.15, -0.1) is 22.7 Å². The number of ether oxygens (including phenoxy) is 1. The van der Waals surface area contributed by atoms with Crippen LogP contribution in [0.15, 0.2) is 39.6 Å². The van der Waals surface area contributed by atoms with E-state index < -0.39 is 0 Å². The van der Waals surface area contributed by atoms with Crippen molar-refractivity contribution in [2.24, 2.45) is 0 Å². The topological polar surface area (TPSA) is 67.4 Å². The second kappa shape index (κ2) is 8.91. The van der Waals surface area contributed by atoms with Gasteiger partial charge in [0.05, 0.1) is 17.1 Å². The molecule has 6 nitrogen and oxygen atoms in total. The first-order valence-electron chi connectivity index (χ1n) is 9.31. The SMILES string of the molecule is CC1CN(c2ccc(CNC(=O)c3csc(-c4cc(Br)cs4)n3)cn2)CC(C)O1. The molecule has 3 aromatic rings. The summed E-state index contributed by atoms with van der Waals surface area (Å²) < 4.78 is 6.80. The summed E-state index contributed by atoms with van der Waals surface area (Å²) in [5.41, 5.74) is 1.39. The number of pyridine rings is 1. The molecule has 29 heavy (non-hydrogen) atoms. The van der Waals surface area contributed by atoms with E-state index in [1.165, 1.54) is 11.3 Å². The van der Waals surface area contributed by atoms with E-state index >= 15 is 0 Å². The van der Waals surface area contributed by atoms with Gasteiger partial charge in [0.15, 0.2) is 0 Å². The number of nitrogens with zero attached hydrogens (tertiary/aromatic N) is 3. The molecule has 0 aromatic carbocycles. The first kappa shape index (κ1) is 20.5. The molecule has 0 spiro atoms. The van der Waals surface area contributed by atoms with Gasteiger partial charge < -0.3 is 15.0 Å². The zero-order valence-corrected chi connectivity index (χ0v) is 19.3. The molecule has 9 heteroatoms. The summed E-state index contributed by atoms with van der Waals surface area (Å²) in [5.74, 6) is 0.761. The number of carbonyl (C=O) groups is 1. The predicted molar refractivity (Wildman–Crippen MR) is 121 cm³/mol. The quantitative estimate of drug-likeness (QED) is 0.564. The van der Waals surface area contributed by atoms with Crippen LogP contribution in [-0.4, -0.2) is 41.2 Å². The monoisotopic (exact) mass is 492 g/mol. The van der Waals surface area contributed by atoms with Gasteiger partial charge in [-0.25, -0.2) is 9.97 Å². The van der Waals surface area contributed by atoms with Gasteiger partial charge in [-0.1, -0.05) is 6.07 Å². The van der Waals surface area contributed by atoms with Crippen molar-refractivity contribution >= 4 is 50.3 Å². The highest BCUT2D eigenvalue weighted by molar-refractivity contribution is 9.10. The Bertz CT molecular complexity index is 979. The van der Waals surface area contributed by atoms with E-state index in [1.54, 1.807) is 16.7 Å². The van der Waals surface area contributed by atoms with Crippen molar-refractivity contribution in [1.82, 2.24) is 15.3 Å². The molecule has 4 heterocycles. The lowest BCUT2D eigenvalue weighted by Crippen LogP contribution is -2.45. The molecule has 0 bridgehead atoms. The molecule has 1 aliphatic rings. The number of aromatic nitrogens is 2. The molecular formula is C20H21BrN4O2S2. The van der Waals surface area contributed by atoms with E-state index in [9.17, 15) is 4.79 Å². The third kappa shape index (κ3) is 5.03. The van der Waals surface area contributed by atoms with E-state index in [0.717, 1.165) is 38.8 Å². The van der Waals surface area contributed by atoms with Gasteiger partial charge in [0.2, 0.25) is 0 Å². The molecule has 0 radical (unpaired) electrons. The third-order valence-corrected chi connectivity index (χ3v) is 7.22. The molecule has 1 fully saturated rings. The fourth-order valence-corrected chi connectivity index (χ4v) is 5.57. The van der Waals surface area contributed by atoms with Crippen LogP contribution in [0.2, 0.25) is 0 Å². The van der Waals surface area contributed by atoms with Crippen LogP contribution in [0.1, 0.15) is 29.9 Å². The number of carbonyl (C=O) groups excluding carboxylic acids is 1. The van der Waals surface area contributed by atoms with E-state index in [2.05, 4.69) is 50.0 Å². The highest BCUT2D eigenvalue weighted by Crippen LogP contribution is 2.32. The van der Waals surface area contributed by atoms with Crippen LogP contribution in [0.4, 0.5) is 5.82 Å². The highest BCUT2D eigenvalue weighted by Gasteiger charge is 2.23. The van der Waals surface area contributed by atoms with Crippen LogP contribution in [0.25, 0.3) is 9.88 Å². The number of hydrogen-bond acceptors (Lipinski definition) is 7. The van der Waals surface area contributed by atoms with Crippen molar-refractivity contribution in [2.45, 2.75) is 32.6 Å². The molecule has 2 atom stereocenters. The first-order chi connectivity index (χ1) is 14.0. The fourth-order valence-electron chi connectivity index (χ4n) is 3.26. The highest BCUT2D eigenvalue weighted by atomic mass is 79.9. The normalized spacial score (nSPS) is 19.3. The maximum atomic E-state index is 12.4. The Balaban J connectivity index is 1.34. The third-order valence-electron chi connectivity index (χ3n) is 4.52. The summed E-state index contributed by atoms with van der Waals surface area (Å²) in [6.07, 6.45) is 2.20. The van der Waals surface area contributed by atoms with E-state index in [4.69, 9.17) is 4.74 Å². The summed E-state index contributed by atoms with van der Waals surface area (Å²) >= 11 is 6.52. The summed E-state index contributed by atoms with van der Waals surface area (Å²) in [6, 6.07) is 6.01. The summed E-state index contributed by atoms with van der Waals surface area (Å²) in [6.45, 7) is 6.24. The van der Waals surface area contributed by atoms with E-state index in [1.807, 2.05) is 29.8 Å². The average molecular weight is 493 g/mol. The van der Waals surface area contributed by atoms with Gasteiger partial charge in [-0.3, -0.25) is 4.79 Å². The minimum atomic E-state index is -0.178. The molecule has 2 unspecified atom stereocenters. The Morgan fingerprint density at radius 1 is 1.28 bits per heavy atom. The Morgan fingerprint density at radius 2 is 2.07 bits per heavy atom. The number of hydrogen-bond donors (Lipinski definition) is 1. The van der Waals surface area contributed by atoms with Crippen LogP contribution in [0, 0.1) is 0 Å². The molecular weight excluding hydrogens is 472 g/mol.